The Morgan fingerprint density at radius 2 is 2.24 bits per heavy atom. The third-order valence-corrected chi connectivity index (χ3v) is 3.73. The van der Waals surface area contributed by atoms with Crippen LogP contribution in [-0.4, -0.2) is 35.7 Å². The highest BCUT2D eigenvalue weighted by molar-refractivity contribution is 7.98. The number of aryl methyl sites for hydroxylation is 1. The summed E-state index contributed by atoms with van der Waals surface area (Å²) in [5.74, 6) is 6.82. The van der Waals surface area contributed by atoms with Crippen molar-refractivity contribution in [2.24, 2.45) is 0 Å². The fourth-order valence-corrected chi connectivity index (χ4v) is 2.42. The van der Waals surface area contributed by atoms with Gasteiger partial charge in [-0.3, -0.25) is 4.79 Å². The molecule has 0 fully saturated rings. The van der Waals surface area contributed by atoms with Crippen molar-refractivity contribution in [3.8, 4) is 11.8 Å². The second-order valence-electron chi connectivity index (χ2n) is 4.96. The summed E-state index contributed by atoms with van der Waals surface area (Å²) in [6.45, 7) is 4.00. The molecule has 0 spiro atoms. The molecule has 1 aromatic carbocycles. The van der Waals surface area contributed by atoms with Crippen LogP contribution in [0.4, 0.5) is 0 Å². The van der Waals surface area contributed by atoms with Crippen molar-refractivity contribution >= 4 is 17.7 Å². The van der Waals surface area contributed by atoms with Gasteiger partial charge in [0.15, 0.2) is 0 Å². The second-order valence-corrected chi connectivity index (χ2v) is 5.95. The van der Waals surface area contributed by atoms with Crippen LogP contribution in [0.3, 0.4) is 0 Å². The summed E-state index contributed by atoms with van der Waals surface area (Å²) in [4.78, 5) is 12.3. The minimum Gasteiger partial charge on any atom is -0.395 e. The van der Waals surface area contributed by atoms with Crippen molar-refractivity contribution in [1.82, 2.24) is 5.32 Å². The maximum absolute atomic E-state index is 12.3. The fourth-order valence-electron chi connectivity index (χ4n) is 1.83. The number of carbonyl (C=O) groups is 1. The highest BCUT2D eigenvalue weighted by atomic mass is 32.2. The lowest BCUT2D eigenvalue weighted by atomic mass is 10.0. The van der Waals surface area contributed by atoms with Crippen LogP contribution in [0.1, 0.15) is 41.3 Å². The lowest BCUT2D eigenvalue weighted by molar-refractivity contribution is 0.0939. The standard InChI is InChI=1S/C17H23NO2S/c1-13-7-8-15(6-4-5-10-19)12-16(13)17(20)18-14(2)9-11-21-3/h7-8,12,14,19H,5,9-11H2,1-3H3,(H,18,20). The number of thioether (sulfide) groups is 1. The van der Waals surface area contributed by atoms with Crippen LogP contribution in [0.15, 0.2) is 18.2 Å². The molecule has 0 saturated heterocycles. The van der Waals surface area contributed by atoms with Gasteiger partial charge in [-0.05, 0) is 50.0 Å². The number of amides is 1. The summed E-state index contributed by atoms with van der Waals surface area (Å²) in [5.41, 5.74) is 2.41. The quantitative estimate of drug-likeness (QED) is 0.794. The summed E-state index contributed by atoms with van der Waals surface area (Å²) in [7, 11) is 0. The van der Waals surface area contributed by atoms with Crippen molar-refractivity contribution in [3.63, 3.8) is 0 Å². The molecule has 21 heavy (non-hydrogen) atoms. The molecule has 3 nitrogen and oxygen atoms in total. The molecule has 1 aromatic rings. The first-order chi connectivity index (χ1) is 10.1. The Bertz CT molecular complexity index is 531. The van der Waals surface area contributed by atoms with Crippen LogP contribution in [0.5, 0.6) is 0 Å². The number of aliphatic hydroxyl groups is 1. The van der Waals surface area contributed by atoms with Crippen LogP contribution in [0.2, 0.25) is 0 Å². The van der Waals surface area contributed by atoms with E-state index in [0.29, 0.717) is 12.0 Å². The van der Waals surface area contributed by atoms with Crippen LogP contribution in [0, 0.1) is 18.8 Å². The number of carbonyl (C=O) groups excluding carboxylic acids is 1. The average molecular weight is 305 g/mol. The van der Waals surface area contributed by atoms with E-state index in [1.165, 1.54) is 0 Å². The van der Waals surface area contributed by atoms with Gasteiger partial charge in [-0.25, -0.2) is 0 Å². The monoisotopic (exact) mass is 305 g/mol. The summed E-state index contributed by atoms with van der Waals surface area (Å²) >= 11 is 1.78. The van der Waals surface area contributed by atoms with Crippen LogP contribution < -0.4 is 5.32 Å². The predicted molar refractivity (Wildman–Crippen MR) is 89.7 cm³/mol. The van der Waals surface area contributed by atoms with Crippen LogP contribution in [0.25, 0.3) is 0 Å². The van der Waals surface area contributed by atoms with E-state index in [4.69, 9.17) is 5.11 Å². The molecular formula is C17H23NO2S. The van der Waals surface area contributed by atoms with Gasteiger partial charge in [-0.1, -0.05) is 17.9 Å². The van der Waals surface area contributed by atoms with Gasteiger partial charge in [0.1, 0.15) is 0 Å². The normalized spacial score (nSPS) is 11.4. The highest BCUT2D eigenvalue weighted by Crippen LogP contribution is 2.11. The third kappa shape index (κ3) is 6.24. The first-order valence-electron chi connectivity index (χ1n) is 7.08. The van der Waals surface area contributed by atoms with Gasteiger partial charge in [0.2, 0.25) is 0 Å². The topological polar surface area (TPSA) is 49.3 Å². The molecule has 0 aliphatic rings. The van der Waals surface area contributed by atoms with Gasteiger partial charge in [-0.15, -0.1) is 0 Å². The number of rotatable bonds is 6. The molecule has 0 bridgehead atoms. The minimum atomic E-state index is -0.0492. The maximum Gasteiger partial charge on any atom is 0.251 e. The average Bonchev–Trinajstić information content (AvgIpc) is 2.47. The fraction of sp³-hybridized carbons (Fsp3) is 0.471. The zero-order chi connectivity index (χ0) is 15.7. The second kappa shape index (κ2) is 9.49. The molecular weight excluding hydrogens is 282 g/mol. The lowest BCUT2D eigenvalue weighted by Crippen LogP contribution is -2.33. The van der Waals surface area contributed by atoms with Gasteiger partial charge >= 0.3 is 0 Å². The molecule has 4 heteroatoms. The van der Waals surface area contributed by atoms with E-state index in [1.54, 1.807) is 11.8 Å². The Hall–Kier alpha value is -1.44. The van der Waals surface area contributed by atoms with E-state index in [1.807, 2.05) is 32.0 Å². The number of nitrogens with one attached hydrogen (secondary N) is 1. The first kappa shape index (κ1) is 17.6. The van der Waals surface area contributed by atoms with Gasteiger partial charge in [0.25, 0.3) is 5.91 Å². The maximum atomic E-state index is 12.3. The highest BCUT2D eigenvalue weighted by Gasteiger charge is 2.12. The minimum absolute atomic E-state index is 0.0492. The Morgan fingerprint density at radius 1 is 1.48 bits per heavy atom. The molecule has 114 valence electrons. The summed E-state index contributed by atoms with van der Waals surface area (Å²) < 4.78 is 0. The van der Waals surface area contributed by atoms with Crippen LogP contribution in [-0.2, 0) is 0 Å². The summed E-state index contributed by atoms with van der Waals surface area (Å²) in [5, 5.41) is 11.8. The summed E-state index contributed by atoms with van der Waals surface area (Å²) in [6, 6.07) is 5.78. The molecule has 1 atom stereocenters. The summed E-state index contributed by atoms with van der Waals surface area (Å²) in [6.07, 6.45) is 3.47. The first-order valence-corrected chi connectivity index (χ1v) is 8.48. The van der Waals surface area contributed by atoms with Gasteiger partial charge in [0.05, 0.1) is 6.61 Å². The van der Waals surface area contributed by atoms with E-state index in [9.17, 15) is 4.79 Å². The molecule has 0 heterocycles. The molecule has 0 aromatic heterocycles. The number of hydrogen-bond donors (Lipinski definition) is 2. The van der Waals surface area contributed by atoms with E-state index < -0.39 is 0 Å². The molecule has 1 unspecified atom stereocenters. The third-order valence-electron chi connectivity index (χ3n) is 3.08. The molecule has 1 rings (SSSR count). The molecule has 1 amide bonds. The molecule has 0 aliphatic carbocycles. The van der Waals surface area contributed by atoms with E-state index in [2.05, 4.69) is 23.4 Å². The molecule has 0 aliphatic heterocycles. The van der Waals surface area contributed by atoms with Gasteiger partial charge in [0, 0.05) is 23.6 Å². The van der Waals surface area contributed by atoms with Crippen molar-refractivity contribution in [2.75, 3.05) is 18.6 Å². The Labute approximate surface area is 131 Å². The van der Waals surface area contributed by atoms with Crippen molar-refractivity contribution in [2.45, 2.75) is 32.7 Å². The smallest absolute Gasteiger partial charge is 0.251 e. The van der Waals surface area contributed by atoms with E-state index >= 15 is 0 Å². The van der Waals surface area contributed by atoms with Crippen molar-refractivity contribution in [1.29, 1.82) is 0 Å². The SMILES string of the molecule is CSCCC(C)NC(=O)c1cc(C#CCCO)ccc1C. The van der Waals surface area contributed by atoms with Gasteiger partial charge < -0.3 is 10.4 Å². The van der Waals surface area contributed by atoms with Crippen LogP contribution >= 0.6 is 11.8 Å². The molecule has 0 saturated carbocycles. The zero-order valence-corrected chi connectivity index (χ0v) is 13.7. The van der Waals surface area contributed by atoms with E-state index in [0.717, 1.165) is 23.3 Å². The number of hydrogen-bond acceptors (Lipinski definition) is 3. The molecule has 0 radical (unpaired) electrons. The Kier molecular flexibility index (Phi) is 7.96. The lowest BCUT2D eigenvalue weighted by Gasteiger charge is -2.14. The van der Waals surface area contributed by atoms with Crippen molar-refractivity contribution in [3.05, 3.63) is 34.9 Å². The zero-order valence-electron chi connectivity index (χ0n) is 12.9. The predicted octanol–water partition coefficient (Wildman–Crippen LogP) is 2.60. The Morgan fingerprint density at radius 3 is 2.90 bits per heavy atom. The largest absolute Gasteiger partial charge is 0.395 e. The molecule has 2 N–H and O–H groups in total. The van der Waals surface area contributed by atoms with Crippen molar-refractivity contribution < 1.29 is 9.90 Å². The number of aliphatic hydroxyl groups excluding tert-OH is 1. The van der Waals surface area contributed by atoms with Gasteiger partial charge in [-0.2, -0.15) is 11.8 Å². The van der Waals surface area contributed by atoms with E-state index in [-0.39, 0.29) is 18.6 Å². The number of benzene rings is 1. The Balaban J connectivity index is 2.79.